The fraction of sp³-hybridized carbons (Fsp3) is 0.550. The fourth-order valence-corrected chi connectivity index (χ4v) is 5.07. The summed E-state index contributed by atoms with van der Waals surface area (Å²) in [6.45, 7) is -0.198. The van der Waals surface area contributed by atoms with Crippen LogP contribution in [0.2, 0.25) is 5.28 Å². The minimum absolute atomic E-state index is 0.0132. The molecule has 0 amide bonds. The first-order valence-corrected chi connectivity index (χ1v) is 10.00. The van der Waals surface area contributed by atoms with Gasteiger partial charge in [0.2, 0.25) is 5.28 Å². The van der Waals surface area contributed by atoms with E-state index in [1.807, 2.05) is 0 Å². The molecule has 3 N–H and O–H groups in total. The van der Waals surface area contributed by atoms with E-state index in [-0.39, 0.29) is 35.5 Å². The molecule has 2 aromatic heterocycles. The third-order valence-corrected chi connectivity index (χ3v) is 6.74. The molecule has 0 spiro atoms. The van der Waals surface area contributed by atoms with Gasteiger partial charge in [0.05, 0.1) is 11.8 Å². The average molecular weight is 417 g/mol. The number of esters is 1. The lowest BCUT2D eigenvalue weighted by molar-refractivity contribution is -0.173. The van der Waals surface area contributed by atoms with Gasteiger partial charge in [-0.15, -0.1) is 6.42 Å². The van der Waals surface area contributed by atoms with Crippen molar-refractivity contribution < 1.29 is 19.4 Å². The zero-order chi connectivity index (χ0) is 20.4. The van der Waals surface area contributed by atoms with Gasteiger partial charge < -0.3 is 24.9 Å². The number of aliphatic hydroxyl groups excluding tert-OH is 1. The topological polar surface area (TPSA) is 112 Å². The van der Waals surface area contributed by atoms with Crippen molar-refractivity contribution in [3.8, 4) is 12.3 Å². The zero-order valence-corrected chi connectivity index (χ0v) is 16.4. The number of nitrogen functional groups attached to an aromatic ring is 1. The van der Waals surface area contributed by atoms with Crippen LogP contribution in [0.15, 0.2) is 12.3 Å². The summed E-state index contributed by atoms with van der Waals surface area (Å²) in [4.78, 5) is 20.4. The summed E-state index contributed by atoms with van der Waals surface area (Å²) < 4.78 is 13.2. The van der Waals surface area contributed by atoms with E-state index in [1.54, 1.807) is 16.8 Å². The van der Waals surface area contributed by atoms with Gasteiger partial charge in [-0.3, -0.25) is 4.79 Å². The van der Waals surface area contributed by atoms with Gasteiger partial charge in [-0.2, -0.15) is 4.98 Å². The summed E-state index contributed by atoms with van der Waals surface area (Å²) in [5.41, 5.74) is 5.10. The van der Waals surface area contributed by atoms with Crippen LogP contribution in [-0.4, -0.2) is 43.9 Å². The van der Waals surface area contributed by atoms with Crippen molar-refractivity contribution in [3.63, 3.8) is 0 Å². The molecule has 1 aliphatic heterocycles. The number of fused-ring (bicyclic) bond motifs is 1. The van der Waals surface area contributed by atoms with Crippen LogP contribution >= 0.6 is 11.6 Å². The molecular weight excluding hydrogens is 396 g/mol. The molecule has 2 aromatic rings. The highest BCUT2D eigenvalue weighted by Gasteiger charge is 2.57. The molecule has 29 heavy (non-hydrogen) atoms. The molecule has 6 rings (SSSR count). The maximum Gasteiger partial charge on any atom is 0.306 e. The highest BCUT2D eigenvalue weighted by Crippen LogP contribution is 2.66. The number of hydrogen-bond donors (Lipinski definition) is 2. The Labute approximate surface area is 172 Å². The molecule has 0 unspecified atom stereocenters. The van der Waals surface area contributed by atoms with Crippen molar-refractivity contribution in [2.45, 2.75) is 50.0 Å². The lowest BCUT2D eigenvalue weighted by Crippen LogP contribution is -2.53. The van der Waals surface area contributed by atoms with Crippen molar-refractivity contribution in [3.05, 3.63) is 17.5 Å². The maximum atomic E-state index is 12.3. The second-order valence-corrected chi connectivity index (χ2v) is 8.85. The summed E-state index contributed by atoms with van der Waals surface area (Å²) in [5, 5.41) is 11.3. The number of ether oxygens (including phenoxy) is 2. The Bertz CT molecular complexity index is 1030. The Morgan fingerprint density at radius 3 is 2.90 bits per heavy atom. The number of halogens is 1. The van der Waals surface area contributed by atoms with Crippen LogP contribution in [0.3, 0.4) is 0 Å². The molecule has 3 heterocycles. The molecule has 3 aliphatic carbocycles. The van der Waals surface area contributed by atoms with Crippen LogP contribution in [0.1, 0.15) is 38.3 Å². The Hall–Kier alpha value is -2.34. The van der Waals surface area contributed by atoms with E-state index in [4.69, 9.17) is 33.2 Å². The lowest BCUT2D eigenvalue weighted by Gasteiger charge is -2.61. The van der Waals surface area contributed by atoms with Crippen molar-refractivity contribution >= 4 is 34.4 Å². The summed E-state index contributed by atoms with van der Waals surface area (Å²) in [6, 6.07) is 1.75. The normalized spacial score (nSPS) is 35.0. The highest BCUT2D eigenvalue weighted by molar-refractivity contribution is 6.28. The molecule has 3 saturated carbocycles. The number of anilines is 1. The Morgan fingerprint density at radius 1 is 1.48 bits per heavy atom. The Balaban J connectivity index is 1.32. The molecule has 4 fully saturated rings. The number of nitrogens with zero attached hydrogens (tertiary/aromatic N) is 3. The van der Waals surface area contributed by atoms with Gasteiger partial charge in [0.1, 0.15) is 30.4 Å². The second kappa shape index (κ2) is 6.33. The van der Waals surface area contributed by atoms with Crippen LogP contribution in [-0.2, 0) is 14.3 Å². The molecule has 1 saturated heterocycles. The van der Waals surface area contributed by atoms with Crippen LogP contribution in [0, 0.1) is 23.7 Å². The Morgan fingerprint density at radius 2 is 2.24 bits per heavy atom. The largest absolute Gasteiger partial charge is 0.461 e. The number of carbonyl (C=O) groups is 1. The van der Waals surface area contributed by atoms with E-state index >= 15 is 0 Å². The maximum absolute atomic E-state index is 12.3. The molecule has 0 radical (unpaired) electrons. The van der Waals surface area contributed by atoms with E-state index < -0.39 is 17.9 Å². The van der Waals surface area contributed by atoms with Crippen LogP contribution in [0.25, 0.3) is 11.0 Å². The fourth-order valence-electron chi connectivity index (χ4n) is 4.90. The molecule has 152 valence electrons. The molecule has 2 bridgehead atoms. The number of hydrogen-bond acceptors (Lipinski definition) is 7. The van der Waals surface area contributed by atoms with Gasteiger partial charge >= 0.3 is 5.97 Å². The number of carbonyl (C=O) groups excluding carboxylic acids is 1. The number of terminal acetylenes is 1. The molecule has 9 heteroatoms. The summed E-state index contributed by atoms with van der Waals surface area (Å²) in [5.74, 6) is 3.25. The van der Waals surface area contributed by atoms with Gasteiger partial charge in [0.15, 0.2) is 5.60 Å². The summed E-state index contributed by atoms with van der Waals surface area (Å²) in [6.07, 6.45) is 9.74. The number of nitrogens with two attached hydrogens (primary N) is 1. The van der Waals surface area contributed by atoms with Gasteiger partial charge in [0, 0.05) is 12.6 Å². The molecule has 3 atom stereocenters. The van der Waals surface area contributed by atoms with E-state index in [2.05, 4.69) is 15.9 Å². The quantitative estimate of drug-likeness (QED) is 0.435. The molecule has 4 aliphatic rings. The third kappa shape index (κ3) is 2.88. The first-order valence-electron chi connectivity index (χ1n) is 9.62. The average Bonchev–Trinajstić information content (AvgIpc) is 3.17. The van der Waals surface area contributed by atoms with Crippen LogP contribution in [0.4, 0.5) is 5.82 Å². The zero-order valence-electron chi connectivity index (χ0n) is 15.7. The standard InChI is InChI=1S/C20H21ClN4O4/c1-2-20(10-28-15(27)9-19-6-11(7-19)8-19)13(26)5-14(29-20)25-4-3-12-16(22)23-18(21)24-17(12)25/h1,3-4,11,13-14,26H,5-10H2,(H2,22,23,24)/t11?,13-,14+,19?,20+/m0/s1. The van der Waals surface area contributed by atoms with Gasteiger partial charge in [-0.1, -0.05) is 5.92 Å². The predicted octanol–water partition coefficient (Wildman–Crippen LogP) is 2.05. The van der Waals surface area contributed by atoms with Crippen molar-refractivity contribution in [1.29, 1.82) is 0 Å². The monoisotopic (exact) mass is 416 g/mol. The SMILES string of the molecule is C#C[C@]1(COC(=O)CC23CC(C2)C3)O[C@@H](n2ccc3c(N)nc(Cl)nc32)C[C@@H]1O. The first-order chi connectivity index (χ1) is 13.8. The van der Waals surface area contributed by atoms with Crippen molar-refractivity contribution in [2.24, 2.45) is 11.3 Å². The number of rotatable bonds is 5. The minimum atomic E-state index is -1.42. The summed E-state index contributed by atoms with van der Waals surface area (Å²) >= 11 is 5.93. The molecule has 0 aromatic carbocycles. The molecule has 8 nitrogen and oxygen atoms in total. The van der Waals surface area contributed by atoms with E-state index in [0.29, 0.717) is 17.5 Å². The second-order valence-electron chi connectivity index (χ2n) is 8.51. The number of aromatic nitrogens is 3. The highest BCUT2D eigenvalue weighted by atomic mass is 35.5. The minimum Gasteiger partial charge on any atom is -0.461 e. The lowest BCUT2D eigenvalue weighted by atomic mass is 9.43. The van der Waals surface area contributed by atoms with Crippen LogP contribution < -0.4 is 5.73 Å². The molecular formula is C20H21ClN4O4. The summed E-state index contributed by atoms with van der Waals surface area (Å²) in [7, 11) is 0. The van der Waals surface area contributed by atoms with Gasteiger partial charge in [-0.25, -0.2) is 4.98 Å². The Kier molecular flexibility index (Phi) is 4.07. The van der Waals surface area contributed by atoms with Crippen molar-refractivity contribution in [1.82, 2.24) is 14.5 Å². The van der Waals surface area contributed by atoms with E-state index in [9.17, 15) is 9.90 Å². The predicted molar refractivity (Wildman–Crippen MR) is 105 cm³/mol. The van der Waals surface area contributed by atoms with Crippen molar-refractivity contribution in [2.75, 3.05) is 12.3 Å². The van der Waals surface area contributed by atoms with Gasteiger partial charge in [-0.05, 0) is 48.3 Å². The van der Waals surface area contributed by atoms with Crippen LogP contribution in [0.5, 0.6) is 0 Å². The smallest absolute Gasteiger partial charge is 0.306 e. The first kappa shape index (κ1) is 18.7. The van der Waals surface area contributed by atoms with Gasteiger partial charge in [0.25, 0.3) is 0 Å². The number of aliphatic hydroxyl groups is 1. The van der Waals surface area contributed by atoms with E-state index in [1.165, 1.54) is 0 Å². The van der Waals surface area contributed by atoms with E-state index in [0.717, 1.165) is 25.2 Å². The third-order valence-electron chi connectivity index (χ3n) is 6.57.